The number of amides is 1. The Morgan fingerprint density at radius 2 is 2.05 bits per heavy atom. The molecule has 19 heavy (non-hydrogen) atoms. The van der Waals surface area contributed by atoms with E-state index in [1.165, 1.54) is 11.0 Å². The van der Waals surface area contributed by atoms with Crippen molar-refractivity contribution in [3.05, 3.63) is 29.8 Å². The van der Waals surface area contributed by atoms with Gasteiger partial charge >= 0.3 is 0 Å². The van der Waals surface area contributed by atoms with Crippen LogP contribution in [0.2, 0.25) is 0 Å². The highest BCUT2D eigenvalue weighted by Crippen LogP contribution is 2.26. The van der Waals surface area contributed by atoms with Gasteiger partial charge in [-0.15, -0.1) is 4.40 Å². The van der Waals surface area contributed by atoms with Crippen molar-refractivity contribution in [1.29, 1.82) is 0 Å². The van der Waals surface area contributed by atoms with Crippen LogP contribution in [0.3, 0.4) is 0 Å². The molecule has 1 aliphatic heterocycles. The first-order valence-corrected chi connectivity index (χ1v) is 7.32. The topological polar surface area (TPSA) is 78.8 Å². The summed E-state index contributed by atoms with van der Waals surface area (Å²) in [5, 5.41) is 2.66. The summed E-state index contributed by atoms with van der Waals surface area (Å²) in [5.41, 5.74) is 0.536. The number of nitrogens with zero attached hydrogens (tertiary/aromatic N) is 2. The molecule has 0 saturated carbocycles. The van der Waals surface area contributed by atoms with Crippen molar-refractivity contribution in [2.75, 3.05) is 20.1 Å². The molecule has 0 aliphatic carbocycles. The summed E-state index contributed by atoms with van der Waals surface area (Å²) in [6.45, 7) is 2.43. The lowest BCUT2D eigenvalue weighted by atomic mass is 10.2. The molecule has 1 aromatic rings. The van der Waals surface area contributed by atoms with Crippen LogP contribution in [-0.2, 0) is 14.8 Å². The van der Waals surface area contributed by atoms with Crippen molar-refractivity contribution < 1.29 is 13.2 Å². The molecule has 0 fully saturated rings. The van der Waals surface area contributed by atoms with Gasteiger partial charge in [0.15, 0.2) is 5.84 Å². The van der Waals surface area contributed by atoms with E-state index in [1.807, 2.05) is 6.92 Å². The van der Waals surface area contributed by atoms with Crippen LogP contribution in [0.15, 0.2) is 33.6 Å². The van der Waals surface area contributed by atoms with Gasteiger partial charge < -0.3 is 10.2 Å². The van der Waals surface area contributed by atoms with Crippen molar-refractivity contribution in [1.82, 2.24) is 10.2 Å². The van der Waals surface area contributed by atoms with Crippen molar-refractivity contribution in [3.8, 4) is 0 Å². The molecule has 102 valence electrons. The molecular formula is C12H15N3O3S. The number of likely N-dealkylation sites (N-methyl/N-ethyl adjacent to an activating group) is 2. The van der Waals surface area contributed by atoms with Crippen molar-refractivity contribution in [3.63, 3.8) is 0 Å². The van der Waals surface area contributed by atoms with E-state index in [1.54, 1.807) is 25.2 Å². The summed E-state index contributed by atoms with van der Waals surface area (Å²) >= 11 is 0. The number of hydrogen-bond acceptors (Lipinski definition) is 4. The Morgan fingerprint density at radius 3 is 2.74 bits per heavy atom. The molecule has 7 heteroatoms. The quantitative estimate of drug-likeness (QED) is 0.858. The maximum Gasteiger partial charge on any atom is 0.285 e. The molecule has 2 rings (SSSR count). The monoisotopic (exact) mass is 281 g/mol. The van der Waals surface area contributed by atoms with Crippen LogP contribution in [-0.4, -0.2) is 45.2 Å². The maximum atomic E-state index is 11.9. The second kappa shape index (κ2) is 5.00. The van der Waals surface area contributed by atoms with Gasteiger partial charge in [-0.2, -0.15) is 8.42 Å². The molecule has 0 bridgehead atoms. The molecule has 1 aliphatic rings. The molecular weight excluding hydrogens is 266 g/mol. The van der Waals surface area contributed by atoms with Crippen molar-refractivity contribution in [2.45, 2.75) is 11.8 Å². The molecule has 1 amide bonds. The summed E-state index contributed by atoms with van der Waals surface area (Å²) in [7, 11) is -1.99. The van der Waals surface area contributed by atoms with E-state index in [4.69, 9.17) is 0 Å². The lowest BCUT2D eigenvalue weighted by Gasteiger charge is -2.18. The van der Waals surface area contributed by atoms with Gasteiger partial charge in [-0.05, 0) is 19.1 Å². The fourth-order valence-electron chi connectivity index (χ4n) is 1.91. The Bertz CT molecular complexity index is 637. The van der Waals surface area contributed by atoms with Gasteiger partial charge in [0.1, 0.15) is 4.90 Å². The van der Waals surface area contributed by atoms with Crippen LogP contribution < -0.4 is 5.32 Å². The number of hydrogen-bond donors (Lipinski definition) is 1. The van der Waals surface area contributed by atoms with Gasteiger partial charge in [0.2, 0.25) is 5.91 Å². The summed E-state index contributed by atoms with van der Waals surface area (Å²) in [6, 6.07) is 6.60. The summed E-state index contributed by atoms with van der Waals surface area (Å²) in [4.78, 5) is 13.3. The van der Waals surface area contributed by atoms with E-state index >= 15 is 0 Å². The molecule has 0 atom stereocenters. The second-order valence-electron chi connectivity index (χ2n) is 4.20. The molecule has 0 saturated heterocycles. The van der Waals surface area contributed by atoms with E-state index in [0.717, 1.165) is 0 Å². The van der Waals surface area contributed by atoms with Gasteiger partial charge in [0.05, 0.1) is 6.54 Å². The molecule has 0 aromatic heterocycles. The minimum absolute atomic E-state index is 0.0660. The number of carbonyl (C=O) groups is 1. The van der Waals surface area contributed by atoms with Crippen LogP contribution in [0, 0.1) is 0 Å². The molecule has 6 nitrogen and oxygen atoms in total. The molecule has 1 heterocycles. The number of rotatable bonds is 3. The lowest BCUT2D eigenvalue weighted by molar-refractivity contribution is -0.121. The van der Waals surface area contributed by atoms with Gasteiger partial charge in [0, 0.05) is 19.2 Å². The van der Waals surface area contributed by atoms with Gasteiger partial charge in [-0.3, -0.25) is 4.79 Å². The minimum Gasteiger partial charge on any atom is -0.355 e. The number of amidine groups is 1. The normalized spacial score (nSPS) is 15.6. The number of fused-ring (bicyclic) bond motifs is 1. The highest BCUT2D eigenvalue weighted by Gasteiger charge is 2.30. The second-order valence-corrected chi connectivity index (χ2v) is 5.77. The predicted octanol–water partition coefficient (Wildman–Crippen LogP) is 0.203. The standard InChI is InChI=1S/C12H15N3O3S/c1-3-13-11(16)8-15(2)12-9-6-4-5-7-10(9)19(17,18)14-12/h4-7H,3,8H2,1-2H3,(H,13,16). The van der Waals surface area contributed by atoms with E-state index in [0.29, 0.717) is 17.9 Å². The maximum absolute atomic E-state index is 11.9. The SMILES string of the molecule is CCNC(=O)CN(C)C1=NS(=O)(=O)c2ccccc21. The van der Waals surface area contributed by atoms with Crippen molar-refractivity contribution >= 4 is 21.8 Å². The summed E-state index contributed by atoms with van der Waals surface area (Å²) in [6.07, 6.45) is 0. The lowest BCUT2D eigenvalue weighted by Crippen LogP contribution is -2.38. The van der Waals surface area contributed by atoms with Crippen LogP contribution in [0.5, 0.6) is 0 Å². The van der Waals surface area contributed by atoms with Gasteiger partial charge in [-0.25, -0.2) is 0 Å². The van der Waals surface area contributed by atoms with Crippen LogP contribution in [0.4, 0.5) is 0 Å². The third kappa shape index (κ3) is 2.60. The first-order valence-electron chi connectivity index (χ1n) is 5.88. The Kier molecular flexibility index (Phi) is 3.57. The largest absolute Gasteiger partial charge is 0.355 e. The van der Waals surface area contributed by atoms with E-state index < -0.39 is 10.0 Å². The van der Waals surface area contributed by atoms with Crippen LogP contribution in [0.1, 0.15) is 12.5 Å². The van der Waals surface area contributed by atoms with Gasteiger partial charge in [-0.1, -0.05) is 12.1 Å². The zero-order valence-electron chi connectivity index (χ0n) is 10.8. The zero-order chi connectivity index (χ0) is 14.0. The predicted molar refractivity (Wildman–Crippen MR) is 71.5 cm³/mol. The zero-order valence-corrected chi connectivity index (χ0v) is 11.6. The average Bonchev–Trinajstić information content (AvgIpc) is 2.63. The molecule has 0 radical (unpaired) electrons. The van der Waals surface area contributed by atoms with Crippen LogP contribution >= 0.6 is 0 Å². The van der Waals surface area contributed by atoms with Crippen LogP contribution in [0.25, 0.3) is 0 Å². The smallest absolute Gasteiger partial charge is 0.285 e. The fourth-order valence-corrected chi connectivity index (χ4v) is 3.16. The Hall–Kier alpha value is -1.89. The first-order chi connectivity index (χ1) is 8.95. The Balaban J connectivity index is 2.29. The third-order valence-electron chi connectivity index (χ3n) is 2.73. The van der Waals surface area contributed by atoms with E-state index in [-0.39, 0.29) is 17.3 Å². The number of carbonyl (C=O) groups excluding carboxylic acids is 1. The highest BCUT2D eigenvalue weighted by molar-refractivity contribution is 7.90. The first kappa shape index (κ1) is 13.5. The molecule has 0 unspecified atom stereocenters. The third-order valence-corrected chi connectivity index (χ3v) is 4.05. The Labute approximate surface area is 112 Å². The summed E-state index contributed by atoms with van der Waals surface area (Å²) < 4.78 is 27.5. The highest BCUT2D eigenvalue weighted by atomic mass is 32.2. The molecule has 0 spiro atoms. The minimum atomic E-state index is -3.63. The number of nitrogens with one attached hydrogen (secondary N) is 1. The van der Waals surface area contributed by atoms with Gasteiger partial charge in [0.25, 0.3) is 10.0 Å². The Morgan fingerprint density at radius 1 is 1.37 bits per heavy atom. The number of benzene rings is 1. The van der Waals surface area contributed by atoms with E-state index in [9.17, 15) is 13.2 Å². The molecule has 1 aromatic carbocycles. The fraction of sp³-hybridized carbons (Fsp3) is 0.333. The summed E-state index contributed by atoms with van der Waals surface area (Å²) in [5.74, 6) is 0.135. The van der Waals surface area contributed by atoms with Crippen molar-refractivity contribution in [2.24, 2.45) is 4.40 Å². The molecule has 1 N–H and O–H groups in total. The number of sulfonamides is 1. The van der Waals surface area contributed by atoms with E-state index in [2.05, 4.69) is 9.71 Å². The average molecular weight is 281 g/mol.